The van der Waals surface area contributed by atoms with E-state index in [9.17, 15) is 10.1 Å². The Morgan fingerprint density at radius 2 is 1.60 bits per heavy atom. The van der Waals surface area contributed by atoms with Crippen molar-refractivity contribution < 1.29 is 14.3 Å². The van der Waals surface area contributed by atoms with E-state index < -0.39 is 0 Å². The van der Waals surface area contributed by atoms with Crippen LogP contribution in [0.15, 0.2) is 102 Å². The second kappa shape index (κ2) is 15.8. The number of thioether (sulfide) groups is 2. The van der Waals surface area contributed by atoms with Gasteiger partial charge in [0, 0.05) is 16.9 Å². The van der Waals surface area contributed by atoms with Crippen LogP contribution < -0.4 is 4.74 Å². The van der Waals surface area contributed by atoms with Gasteiger partial charge in [-0.1, -0.05) is 104 Å². The molecule has 0 spiro atoms. The van der Waals surface area contributed by atoms with Crippen molar-refractivity contribution in [3.63, 3.8) is 0 Å². The van der Waals surface area contributed by atoms with E-state index in [0.717, 1.165) is 46.7 Å². The number of carbonyl (C=O) groups is 1. The lowest BCUT2D eigenvalue weighted by Crippen LogP contribution is -2.28. The zero-order valence-electron chi connectivity index (χ0n) is 22.5. The molecule has 7 heteroatoms. The number of hydrogen-bond acceptors (Lipinski definition) is 7. The van der Waals surface area contributed by atoms with E-state index in [4.69, 9.17) is 14.5 Å². The number of esters is 1. The van der Waals surface area contributed by atoms with Crippen LogP contribution in [0.1, 0.15) is 25.3 Å². The van der Waals surface area contributed by atoms with Gasteiger partial charge in [0.05, 0.1) is 17.0 Å². The van der Waals surface area contributed by atoms with Gasteiger partial charge in [-0.3, -0.25) is 4.79 Å². The van der Waals surface area contributed by atoms with Crippen LogP contribution in [0.3, 0.4) is 0 Å². The summed E-state index contributed by atoms with van der Waals surface area (Å²) in [6.45, 7) is 2.44. The highest BCUT2D eigenvalue weighted by molar-refractivity contribution is 8.00. The predicted molar refractivity (Wildman–Crippen MR) is 165 cm³/mol. The average molecular weight is 569 g/mol. The van der Waals surface area contributed by atoms with Crippen LogP contribution in [0, 0.1) is 11.3 Å². The van der Waals surface area contributed by atoms with Crippen molar-refractivity contribution in [2.24, 2.45) is 0 Å². The van der Waals surface area contributed by atoms with Gasteiger partial charge >= 0.3 is 5.97 Å². The molecule has 1 atom stereocenters. The lowest BCUT2D eigenvalue weighted by molar-refractivity contribution is -0.145. The third-order valence-electron chi connectivity index (χ3n) is 6.00. The van der Waals surface area contributed by atoms with Crippen molar-refractivity contribution in [3.8, 4) is 34.2 Å². The molecule has 1 heterocycles. The molecular weight excluding hydrogens is 537 g/mol. The first-order valence-corrected chi connectivity index (χ1v) is 15.5. The fraction of sp³-hybridized carbons (Fsp3) is 0.242. The molecule has 0 amide bonds. The molecule has 0 aliphatic carbocycles. The molecule has 3 aromatic carbocycles. The number of hydrogen-bond donors (Lipinski definition) is 0. The fourth-order valence-corrected chi connectivity index (χ4v) is 5.84. The summed E-state index contributed by atoms with van der Waals surface area (Å²) < 4.78 is 11.8. The summed E-state index contributed by atoms with van der Waals surface area (Å²) in [4.78, 5) is 17.8. The second-order valence-corrected chi connectivity index (χ2v) is 11.1. The summed E-state index contributed by atoms with van der Waals surface area (Å²) in [5.41, 5.74) is 3.84. The Morgan fingerprint density at radius 3 is 2.25 bits per heavy atom. The molecule has 204 valence electrons. The smallest absolute Gasteiger partial charge is 0.316 e. The molecule has 4 rings (SSSR count). The highest BCUT2D eigenvalue weighted by atomic mass is 32.2. The number of pyridine rings is 1. The molecule has 0 radical (unpaired) electrons. The number of aromatic nitrogens is 1. The summed E-state index contributed by atoms with van der Waals surface area (Å²) in [6.07, 6.45) is 1.86. The van der Waals surface area contributed by atoms with E-state index in [1.165, 1.54) is 11.8 Å². The van der Waals surface area contributed by atoms with E-state index in [1.807, 2.05) is 97.1 Å². The number of unbranched alkanes of at least 4 members (excludes halogenated alkanes) is 1. The Bertz CT molecular complexity index is 1390. The number of nitriles is 1. The van der Waals surface area contributed by atoms with Crippen LogP contribution in [0.5, 0.6) is 5.75 Å². The van der Waals surface area contributed by atoms with Crippen molar-refractivity contribution in [2.45, 2.75) is 30.9 Å². The SMILES string of the molecule is CCCCSCC(COc1ccccc1)OC(=O)CSc1nc(-c2ccccc2)cc(-c2ccccc2)c1C#N. The van der Waals surface area contributed by atoms with E-state index in [0.29, 0.717) is 16.3 Å². The highest BCUT2D eigenvalue weighted by Crippen LogP contribution is 2.34. The largest absolute Gasteiger partial charge is 0.490 e. The minimum absolute atomic E-state index is 0.0373. The standard InChI is InChI=1S/C33H32N2O3S2/c1-2-3-19-39-23-28(22-37-27-17-11-6-12-18-27)38-32(36)24-40-33-30(21-34)29(25-13-7-4-8-14-25)20-31(35-33)26-15-9-5-10-16-26/h4-18,20,28H,2-3,19,22-24H2,1H3. The summed E-state index contributed by atoms with van der Waals surface area (Å²) in [5, 5.41) is 10.6. The van der Waals surface area contributed by atoms with Gasteiger partial charge in [0.1, 0.15) is 29.6 Å². The van der Waals surface area contributed by atoms with Crippen LogP contribution >= 0.6 is 23.5 Å². The van der Waals surface area contributed by atoms with Crippen molar-refractivity contribution in [1.29, 1.82) is 5.26 Å². The van der Waals surface area contributed by atoms with E-state index in [2.05, 4.69) is 13.0 Å². The van der Waals surface area contributed by atoms with Crippen LogP contribution in [-0.2, 0) is 9.53 Å². The van der Waals surface area contributed by atoms with Gasteiger partial charge in [0.25, 0.3) is 0 Å². The van der Waals surface area contributed by atoms with Crippen molar-refractivity contribution in [1.82, 2.24) is 4.98 Å². The number of benzene rings is 3. The molecule has 1 aromatic heterocycles. The normalized spacial score (nSPS) is 11.4. The second-order valence-electron chi connectivity index (χ2n) is 9.03. The molecule has 0 fully saturated rings. The first-order chi connectivity index (χ1) is 19.7. The summed E-state index contributed by atoms with van der Waals surface area (Å²) in [5.74, 6) is 2.09. The Labute approximate surface area is 244 Å². The quantitative estimate of drug-likeness (QED) is 0.0869. The van der Waals surface area contributed by atoms with Gasteiger partial charge in [-0.15, -0.1) is 0 Å². The third-order valence-corrected chi connectivity index (χ3v) is 8.14. The molecule has 0 aliphatic rings. The van der Waals surface area contributed by atoms with E-state index in [1.54, 1.807) is 11.8 Å². The molecule has 0 saturated heterocycles. The van der Waals surface area contributed by atoms with Crippen LogP contribution in [0.2, 0.25) is 0 Å². The fourth-order valence-electron chi connectivity index (χ4n) is 3.97. The number of ether oxygens (including phenoxy) is 2. The molecule has 0 bridgehead atoms. The maximum Gasteiger partial charge on any atom is 0.316 e. The number of nitrogens with zero attached hydrogens (tertiary/aromatic N) is 2. The Morgan fingerprint density at radius 1 is 0.950 bits per heavy atom. The van der Waals surface area contributed by atoms with Gasteiger partial charge in [0.15, 0.2) is 0 Å². The zero-order valence-corrected chi connectivity index (χ0v) is 24.1. The molecule has 0 aliphatic heterocycles. The average Bonchev–Trinajstić information content (AvgIpc) is 3.01. The lowest BCUT2D eigenvalue weighted by Gasteiger charge is -2.18. The van der Waals surface area contributed by atoms with Gasteiger partial charge in [-0.05, 0) is 35.9 Å². The van der Waals surface area contributed by atoms with E-state index >= 15 is 0 Å². The third kappa shape index (κ3) is 8.64. The van der Waals surface area contributed by atoms with Crippen LogP contribution in [-0.4, -0.2) is 40.9 Å². The summed E-state index contributed by atoms with van der Waals surface area (Å²) >= 11 is 2.99. The van der Waals surface area contributed by atoms with Gasteiger partial charge < -0.3 is 9.47 Å². The molecule has 4 aromatic rings. The van der Waals surface area contributed by atoms with Crippen LogP contribution in [0.4, 0.5) is 0 Å². The minimum atomic E-state index is -0.380. The molecular formula is C33H32N2O3S2. The summed E-state index contributed by atoms with van der Waals surface area (Å²) in [6, 6.07) is 33.4. The molecule has 5 nitrogen and oxygen atoms in total. The zero-order chi connectivity index (χ0) is 28.0. The Kier molecular flexibility index (Phi) is 11.5. The molecule has 1 unspecified atom stereocenters. The predicted octanol–water partition coefficient (Wildman–Crippen LogP) is 7.90. The van der Waals surface area contributed by atoms with Crippen molar-refractivity contribution >= 4 is 29.5 Å². The van der Waals surface area contributed by atoms with Crippen molar-refractivity contribution in [3.05, 3.63) is 103 Å². The summed E-state index contributed by atoms with van der Waals surface area (Å²) in [7, 11) is 0. The highest BCUT2D eigenvalue weighted by Gasteiger charge is 2.20. The number of carbonyl (C=O) groups excluding carboxylic acids is 1. The maximum atomic E-state index is 13.0. The Hall–Kier alpha value is -3.73. The van der Waals surface area contributed by atoms with Crippen molar-refractivity contribution in [2.75, 3.05) is 23.9 Å². The maximum absolute atomic E-state index is 13.0. The lowest BCUT2D eigenvalue weighted by atomic mass is 9.99. The van der Waals surface area contributed by atoms with Gasteiger partial charge in [-0.2, -0.15) is 17.0 Å². The van der Waals surface area contributed by atoms with Gasteiger partial charge in [-0.25, -0.2) is 4.98 Å². The van der Waals surface area contributed by atoms with Gasteiger partial charge in [0.2, 0.25) is 0 Å². The molecule has 40 heavy (non-hydrogen) atoms. The number of para-hydroxylation sites is 1. The first kappa shape index (κ1) is 29.3. The minimum Gasteiger partial charge on any atom is -0.490 e. The first-order valence-electron chi connectivity index (χ1n) is 13.3. The molecule has 0 saturated carbocycles. The topological polar surface area (TPSA) is 72.2 Å². The Balaban J connectivity index is 1.50. The van der Waals surface area contributed by atoms with Crippen LogP contribution in [0.25, 0.3) is 22.4 Å². The monoisotopic (exact) mass is 568 g/mol. The van der Waals surface area contributed by atoms with E-state index in [-0.39, 0.29) is 24.4 Å². The number of rotatable bonds is 14. The molecule has 0 N–H and O–H groups in total.